The fraction of sp³-hybridized carbons (Fsp3) is 0.941. The van der Waals surface area contributed by atoms with E-state index in [1.165, 1.54) is 25.7 Å². The Balaban J connectivity index is 0.00000484. The zero-order valence-corrected chi connectivity index (χ0v) is 17.4. The van der Waals surface area contributed by atoms with Gasteiger partial charge in [0.25, 0.3) is 0 Å². The second-order valence-corrected chi connectivity index (χ2v) is 6.20. The van der Waals surface area contributed by atoms with Gasteiger partial charge in [-0.05, 0) is 26.2 Å². The molecular weight excluding hydrogens is 405 g/mol. The predicted octanol–water partition coefficient (Wildman–Crippen LogP) is 3.18. The molecule has 0 amide bonds. The third kappa shape index (κ3) is 12.0. The molecule has 2 atom stereocenters. The van der Waals surface area contributed by atoms with Crippen LogP contribution in [0.3, 0.4) is 0 Å². The number of halogens is 1. The summed E-state index contributed by atoms with van der Waals surface area (Å²) in [5, 5.41) is 6.80. The minimum Gasteiger partial charge on any atom is -0.381 e. The van der Waals surface area contributed by atoms with Crippen LogP contribution in [0.25, 0.3) is 0 Å². The van der Waals surface area contributed by atoms with Crippen LogP contribution in [0, 0.1) is 5.92 Å². The highest BCUT2D eigenvalue weighted by Crippen LogP contribution is 2.12. The van der Waals surface area contributed by atoms with Crippen LogP contribution in [0.4, 0.5) is 0 Å². The van der Waals surface area contributed by atoms with E-state index in [-0.39, 0.29) is 24.0 Å². The molecule has 0 radical (unpaired) electrons. The molecule has 0 spiro atoms. The number of aliphatic imine (C=N–C) groups is 1. The number of ether oxygens (including phenoxy) is 2. The summed E-state index contributed by atoms with van der Waals surface area (Å²) in [4.78, 5) is 4.27. The quantitative estimate of drug-likeness (QED) is 0.224. The van der Waals surface area contributed by atoms with Gasteiger partial charge in [-0.15, -0.1) is 24.0 Å². The summed E-state index contributed by atoms with van der Waals surface area (Å²) in [5.74, 6) is 1.50. The normalized spacial score (nSPS) is 19.3. The van der Waals surface area contributed by atoms with Gasteiger partial charge in [0.15, 0.2) is 5.96 Å². The first kappa shape index (κ1) is 22.9. The molecule has 0 aliphatic carbocycles. The van der Waals surface area contributed by atoms with Gasteiger partial charge >= 0.3 is 0 Å². The lowest BCUT2D eigenvalue weighted by atomic mass is 10.1. The highest BCUT2D eigenvalue weighted by atomic mass is 127. The molecule has 2 N–H and O–H groups in total. The van der Waals surface area contributed by atoms with Crippen LogP contribution >= 0.6 is 24.0 Å². The third-order valence-electron chi connectivity index (χ3n) is 3.98. The Bertz CT molecular complexity index is 298. The highest BCUT2D eigenvalue weighted by molar-refractivity contribution is 14.0. The maximum absolute atomic E-state index is 5.70. The second-order valence-electron chi connectivity index (χ2n) is 6.20. The molecule has 1 aliphatic heterocycles. The van der Waals surface area contributed by atoms with Crippen molar-refractivity contribution in [2.45, 2.75) is 58.4 Å². The monoisotopic (exact) mass is 441 g/mol. The van der Waals surface area contributed by atoms with Crippen LogP contribution in [0.1, 0.15) is 52.4 Å². The molecule has 1 heterocycles. The number of unbranched alkanes of at least 4 members (excludes halogenated alkanes) is 2. The Kier molecular flexibility index (Phi) is 15.4. The average Bonchev–Trinajstić information content (AvgIpc) is 3.03. The smallest absolute Gasteiger partial charge is 0.191 e. The Morgan fingerprint density at radius 3 is 2.83 bits per heavy atom. The van der Waals surface area contributed by atoms with Crippen LogP contribution < -0.4 is 10.6 Å². The van der Waals surface area contributed by atoms with E-state index in [1.807, 2.05) is 7.05 Å². The van der Waals surface area contributed by atoms with Crippen molar-refractivity contribution in [2.24, 2.45) is 10.9 Å². The van der Waals surface area contributed by atoms with E-state index in [0.29, 0.717) is 12.0 Å². The fourth-order valence-electron chi connectivity index (χ4n) is 2.55. The van der Waals surface area contributed by atoms with Gasteiger partial charge in [0, 0.05) is 38.8 Å². The van der Waals surface area contributed by atoms with Gasteiger partial charge in [-0.25, -0.2) is 0 Å². The van der Waals surface area contributed by atoms with Crippen molar-refractivity contribution < 1.29 is 9.47 Å². The fourth-order valence-corrected chi connectivity index (χ4v) is 2.55. The van der Waals surface area contributed by atoms with E-state index in [2.05, 4.69) is 29.5 Å². The van der Waals surface area contributed by atoms with E-state index in [4.69, 9.17) is 9.47 Å². The first-order valence-corrected chi connectivity index (χ1v) is 8.89. The molecule has 0 aromatic heterocycles. The summed E-state index contributed by atoms with van der Waals surface area (Å²) < 4.78 is 11.0. The predicted molar refractivity (Wildman–Crippen MR) is 108 cm³/mol. The van der Waals surface area contributed by atoms with Gasteiger partial charge in [-0.3, -0.25) is 4.99 Å². The molecule has 5 nitrogen and oxygen atoms in total. The molecule has 0 aromatic carbocycles. The van der Waals surface area contributed by atoms with Gasteiger partial charge in [0.2, 0.25) is 0 Å². The number of nitrogens with zero attached hydrogens (tertiary/aromatic N) is 1. The summed E-state index contributed by atoms with van der Waals surface area (Å²) in [6.45, 7) is 8.74. The molecule has 2 unspecified atom stereocenters. The van der Waals surface area contributed by atoms with E-state index >= 15 is 0 Å². The minimum absolute atomic E-state index is 0. The zero-order valence-electron chi connectivity index (χ0n) is 15.1. The van der Waals surface area contributed by atoms with E-state index in [1.54, 1.807) is 0 Å². The van der Waals surface area contributed by atoms with Gasteiger partial charge in [-0.2, -0.15) is 0 Å². The molecule has 1 rings (SSSR count). The van der Waals surface area contributed by atoms with E-state index < -0.39 is 0 Å². The number of hydrogen-bond acceptors (Lipinski definition) is 3. The lowest BCUT2D eigenvalue weighted by Crippen LogP contribution is -2.42. The topological polar surface area (TPSA) is 54.9 Å². The van der Waals surface area contributed by atoms with Crippen molar-refractivity contribution in [1.82, 2.24) is 10.6 Å². The summed E-state index contributed by atoms with van der Waals surface area (Å²) >= 11 is 0. The molecule has 138 valence electrons. The van der Waals surface area contributed by atoms with Crippen molar-refractivity contribution in [2.75, 3.05) is 40.0 Å². The Morgan fingerprint density at radius 1 is 1.35 bits per heavy atom. The van der Waals surface area contributed by atoms with E-state index in [0.717, 1.165) is 51.8 Å². The van der Waals surface area contributed by atoms with Gasteiger partial charge < -0.3 is 20.1 Å². The summed E-state index contributed by atoms with van der Waals surface area (Å²) in [6, 6.07) is 0.469. The van der Waals surface area contributed by atoms with E-state index in [9.17, 15) is 0 Å². The largest absolute Gasteiger partial charge is 0.381 e. The molecule has 23 heavy (non-hydrogen) atoms. The summed E-state index contributed by atoms with van der Waals surface area (Å²) in [6.07, 6.45) is 7.19. The highest BCUT2D eigenvalue weighted by Gasteiger charge is 2.15. The molecular formula is C17H36IN3O2. The van der Waals surface area contributed by atoms with Gasteiger partial charge in [0.1, 0.15) is 0 Å². The molecule has 1 aliphatic rings. The number of nitrogens with one attached hydrogen (secondary N) is 2. The molecule has 0 aromatic rings. The van der Waals surface area contributed by atoms with Crippen molar-refractivity contribution in [3.63, 3.8) is 0 Å². The van der Waals surface area contributed by atoms with Crippen molar-refractivity contribution >= 4 is 29.9 Å². The van der Waals surface area contributed by atoms with Crippen LogP contribution in [0.2, 0.25) is 0 Å². The van der Waals surface area contributed by atoms with Gasteiger partial charge in [-0.1, -0.05) is 26.2 Å². The third-order valence-corrected chi connectivity index (χ3v) is 3.98. The van der Waals surface area contributed by atoms with Crippen molar-refractivity contribution in [3.8, 4) is 0 Å². The zero-order chi connectivity index (χ0) is 16.0. The standard InChI is InChI=1S/C17H35N3O2.HI/c1-4-5-6-8-15(2)20-17(18-3)19-10-7-11-21-13-16-9-12-22-14-16;/h15-16H,4-14H2,1-3H3,(H2,18,19,20);1H. The van der Waals surface area contributed by atoms with Crippen LogP contribution in [0.5, 0.6) is 0 Å². The van der Waals surface area contributed by atoms with Crippen molar-refractivity contribution in [3.05, 3.63) is 0 Å². The van der Waals surface area contributed by atoms with Gasteiger partial charge in [0.05, 0.1) is 13.2 Å². The van der Waals surface area contributed by atoms with Crippen LogP contribution in [0.15, 0.2) is 4.99 Å². The minimum atomic E-state index is 0. The average molecular weight is 441 g/mol. The summed E-state index contributed by atoms with van der Waals surface area (Å²) in [7, 11) is 1.82. The lowest BCUT2D eigenvalue weighted by Gasteiger charge is -2.18. The molecule has 6 heteroatoms. The first-order chi connectivity index (χ1) is 10.8. The SMILES string of the molecule is CCCCCC(C)NC(=NC)NCCCOCC1CCOC1.I. The number of guanidine groups is 1. The lowest BCUT2D eigenvalue weighted by molar-refractivity contribution is 0.0888. The second kappa shape index (κ2) is 15.4. The number of rotatable bonds is 11. The maximum atomic E-state index is 5.70. The maximum Gasteiger partial charge on any atom is 0.191 e. The Morgan fingerprint density at radius 2 is 2.17 bits per heavy atom. The first-order valence-electron chi connectivity index (χ1n) is 8.89. The molecule has 0 saturated carbocycles. The summed E-state index contributed by atoms with van der Waals surface area (Å²) in [5.41, 5.74) is 0. The Labute approximate surface area is 159 Å². The Hall–Kier alpha value is -0.0800. The van der Waals surface area contributed by atoms with Crippen molar-refractivity contribution in [1.29, 1.82) is 0 Å². The molecule has 0 bridgehead atoms. The van der Waals surface area contributed by atoms with Crippen LogP contribution in [-0.2, 0) is 9.47 Å². The van der Waals surface area contributed by atoms with Crippen LogP contribution in [-0.4, -0.2) is 52.0 Å². The number of hydrogen-bond donors (Lipinski definition) is 2. The molecule has 1 fully saturated rings. The molecule has 1 saturated heterocycles.